The van der Waals surface area contributed by atoms with Gasteiger partial charge in [-0.05, 0) is 45.9 Å². The van der Waals surface area contributed by atoms with Gasteiger partial charge in [-0.1, -0.05) is 6.07 Å². The molecule has 1 heterocycles. The van der Waals surface area contributed by atoms with Crippen molar-refractivity contribution in [3.63, 3.8) is 0 Å². The monoisotopic (exact) mass is 463 g/mol. The van der Waals surface area contributed by atoms with E-state index >= 15 is 0 Å². The van der Waals surface area contributed by atoms with E-state index in [9.17, 15) is 18.0 Å². The highest BCUT2D eigenvalue weighted by atomic mass is 127. The first kappa shape index (κ1) is 17.2. The minimum absolute atomic E-state index is 0.0275. The Labute approximate surface area is 152 Å². The van der Waals surface area contributed by atoms with Crippen molar-refractivity contribution in [3.05, 3.63) is 61.4 Å². The van der Waals surface area contributed by atoms with E-state index in [4.69, 9.17) is 5.11 Å². The van der Waals surface area contributed by atoms with Crippen LogP contribution in [-0.4, -0.2) is 16.1 Å². The molecule has 3 nitrogen and oxygen atoms in total. The summed E-state index contributed by atoms with van der Waals surface area (Å²) >= 11 is 3.03. The van der Waals surface area contributed by atoms with Gasteiger partial charge in [-0.3, -0.25) is 4.79 Å². The highest BCUT2D eigenvalue weighted by molar-refractivity contribution is 14.1. The molecule has 1 aromatic heterocycles. The molecule has 0 atom stereocenters. The lowest BCUT2D eigenvalue weighted by molar-refractivity contribution is -0.136. The number of aliphatic carboxylic acids is 1. The van der Waals surface area contributed by atoms with Gasteiger partial charge in [-0.2, -0.15) is 0 Å². The second-order valence-corrected chi connectivity index (χ2v) is 7.48. The minimum Gasteiger partial charge on any atom is -0.481 e. The molecule has 124 valence electrons. The fourth-order valence-corrected chi connectivity index (χ4v) is 4.17. The molecule has 1 N–H and O–H groups in total. The first-order valence-corrected chi connectivity index (χ1v) is 8.66. The molecule has 0 amide bonds. The Morgan fingerprint density at radius 2 is 1.83 bits per heavy atom. The Balaban J connectivity index is 1.98. The number of thiazole rings is 1. The van der Waals surface area contributed by atoms with Crippen molar-refractivity contribution in [2.75, 3.05) is 0 Å². The summed E-state index contributed by atoms with van der Waals surface area (Å²) in [6.45, 7) is 0. The molecule has 3 rings (SSSR count). The Hall–Kier alpha value is -1.68. The van der Waals surface area contributed by atoms with Crippen LogP contribution in [0.25, 0.3) is 10.2 Å². The normalized spacial score (nSPS) is 11.2. The van der Waals surface area contributed by atoms with Crippen molar-refractivity contribution in [2.45, 2.75) is 12.8 Å². The molecule has 0 spiro atoms. The zero-order valence-corrected chi connectivity index (χ0v) is 14.9. The van der Waals surface area contributed by atoms with Gasteiger partial charge in [-0.15, -0.1) is 11.3 Å². The standard InChI is InChI=1S/C16H9F3INO2S/c17-10-6-11(18)16-15(14(10)19)21-12(24-16)4-7-1-8(5-13(22)23)3-9(20)2-7/h1-3,6H,4-5H2,(H,22,23). The van der Waals surface area contributed by atoms with Crippen molar-refractivity contribution in [3.8, 4) is 0 Å². The van der Waals surface area contributed by atoms with Crippen LogP contribution in [0.2, 0.25) is 0 Å². The number of hydrogen-bond donors (Lipinski definition) is 1. The fourth-order valence-electron chi connectivity index (χ4n) is 2.37. The molecule has 0 aliphatic heterocycles. The molecule has 0 aliphatic rings. The van der Waals surface area contributed by atoms with Gasteiger partial charge < -0.3 is 5.11 Å². The zero-order valence-electron chi connectivity index (χ0n) is 11.9. The summed E-state index contributed by atoms with van der Waals surface area (Å²) in [5.74, 6) is -4.22. The smallest absolute Gasteiger partial charge is 0.307 e. The molecule has 0 unspecified atom stereocenters. The summed E-state index contributed by atoms with van der Waals surface area (Å²) in [5.41, 5.74) is 1.09. The number of halogens is 4. The van der Waals surface area contributed by atoms with E-state index in [2.05, 4.69) is 27.6 Å². The van der Waals surface area contributed by atoms with Crippen molar-refractivity contribution >= 4 is 50.1 Å². The number of aromatic nitrogens is 1. The van der Waals surface area contributed by atoms with Gasteiger partial charge in [0.05, 0.1) is 16.1 Å². The molecular weight excluding hydrogens is 454 g/mol. The van der Waals surface area contributed by atoms with E-state index in [-0.39, 0.29) is 23.1 Å². The van der Waals surface area contributed by atoms with E-state index in [1.54, 1.807) is 12.1 Å². The van der Waals surface area contributed by atoms with Crippen LogP contribution >= 0.6 is 33.9 Å². The van der Waals surface area contributed by atoms with Crippen molar-refractivity contribution in [1.29, 1.82) is 0 Å². The second kappa shape index (κ2) is 6.67. The third kappa shape index (κ3) is 3.54. The maximum absolute atomic E-state index is 13.7. The summed E-state index contributed by atoms with van der Waals surface area (Å²) in [4.78, 5) is 14.8. The maximum atomic E-state index is 13.7. The van der Waals surface area contributed by atoms with Crippen molar-refractivity contribution in [1.82, 2.24) is 4.98 Å². The molecule has 2 aromatic carbocycles. The van der Waals surface area contributed by atoms with Gasteiger partial charge in [0, 0.05) is 16.1 Å². The summed E-state index contributed by atoms with van der Waals surface area (Å²) in [6, 6.07) is 5.82. The number of benzene rings is 2. The predicted molar refractivity (Wildman–Crippen MR) is 92.8 cm³/mol. The summed E-state index contributed by atoms with van der Waals surface area (Å²) in [7, 11) is 0. The lowest BCUT2D eigenvalue weighted by Gasteiger charge is -2.04. The maximum Gasteiger partial charge on any atom is 0.307 e. The topological polar surface area (TPSA) is 50.2 Å². The molecule has 0 fully saturated rings. The summed E-state index contributed by atoms with van der Waals surface area (Å²) in [6.07, 6.45) is 0.168. The number of carboxylic acids is 1. The predicted octanol–water partition coefficient (Wildman–Crippen LogP) is 4.54. The van der Waals surface area contributed by atoms with E-state index in [1.807, 2.05) is 6.07 Å². The number of carboxylic acid groups (broad SMARTS) is 1. The van der Waals surface area contributed by atoms with E-state index in [0.717, 1.165) is 20.5 Å². The first-order chi connectivity index (χ1) is 11.3. The molecule has 0 bridgehead atoms. The van der Waals surface area contributed by atoms with Gasteiger partial charge in [0.25, 0.3) is 0 Å². The molecule has 0 saturated carbocycles. The molecule has 0 radical (unpaired) electrons. The molecular formula is C16H9F3INO2S. The van der Waals surface area contributed by atoms with Crippen molar-refractivity contribution < 1.29 is 23.1 Å². The van der Waals surface area contributed by atoms with E-state index < -0.39 is 23.4 Å². The Kier molecular flexibility index (Phi) is 4.77. The van der Waals surface area contributed by atoms with Crippen LogP contribution in [0.15, 0.2) is 24.3 Å². The van der Waals surface area contributed by atoms with Gasteiger partial charge >= 0.3 is 5.97 Å². The first-order valence-electron chi connectivity index (χ1n) is 6.76. The average molecular weight is 463 g/mol. The van der Waals surface area contributed by atoms with Crippen LogP contribution in [0.1, 0.15) is 16.1 Å². The Bertz CT molecular complexity index is 958. The SMILES string of the molecule is O=C(O)Cc1cc(I)cc(Cc2nc3c(F)c(F)cc(F)c3s2)c1. The average Bonchev–Trinajstić information content (AvgIpc) is 2.88. The molecule has 24 heavy (non-hydrogen) atoms. The summed E-state index contributed by atoms with van der Waals surface area (Å²) < 4.78 is 41.6. The summed E-state index contributed by atoms with van der Waals surface area (Å²) in [5, 5.41) is 9.32. The lowest BCUT2D eigenvalue weighted by atomic mass is 10.1. The lowest BCUT2D eigenvalue weighted by Crippen LogP contribution is -2.01. The highest BCUT2D eigenvalue weighted by Gasteiger charge is 2.17. The Morgan fingerprint density at radius 3 is 2.54 bits per heavy atom. The molecule has 0 aliphatic carbocycles. The number of hydrogen-bond acceptors (Lipinski definition) is 3. The largest absolute Gasteiger partial charge is 0.481 e. The van der Waals surface area contributed by atoms with Crippen LogP contribution in [0.3, 0.4) is 0 Å². The quantitative estimate of drug-likeness (QED) is 0.457. The number of rotatable bonds is 4. The van der Waals surface area contributed by atoms with Gasteiger partial charge in [0.2, 0.25) is 0 Å². The van der Waals surface area contributed by atoms with Crippen LogP contribution in [-0.2, 0) is 17.6 Å². The van der Waals surface area contributed by atoms with E-state index in [1.165, 1.54) is 0 Å². The third-order valence-electron chi connectivity index (χ3n) is 3.29. The zero-order chi connectivity index (χ0) is 17.4. The fraction of sp³-hybridized carbons (Fsp3) is 0.125. The molecule has 8 heteroatoms. The third-order valence-corrected chi connectivity index (χ3v) is 4.97. The van der Waals surface area contributed by atoms with Crippen LogP contribution < -0.4 is 0 Å². The number of fused-ring (bicyclic) bond motifs is 1. The second-order valence-electron chi connectivity index (χ2n) is 5.15. The van der Waals surface area contributed by atoms with Gasteiger partial charge in [-0.25, -0.2) is 18.2 Å². The molecule has 3 aromatic rings. The number of carbonyl (C=O) groups is 1. The highest BCUT2D eigenvalue weighted by Crippen LogP contribution is 2.30. The van der Waals surface area contributed by atoms with Crippen LogP contribution in [0.4, 0.5) is 13.2 Å². The van der Waals surface area contributed by atoms with Crippen LogP contribution in [0.5, 0.6) is 0 Å². The molecule has 0 saturated heterocycles. The Morgan fingerprint density at radius 1 is 1.12 bits per heavy atom. The minimum atomic E-state index is -1.27. The number of nitrogens with zero attached hydrogens (tertiary/aromatic N) is 1. The van der Waals surface area contributed by atoms with E-state index in [0.29, 0.717) is 16.6 Å². The van der Waals surface area contributed by atoms with Gasteiger partial charge in [0.15, 0.2) is 11.6 Å². The van der Waals surface area contributed by atoms with Crippen LogP contribution in [0, 0.1) is 21.0 Å². The van der Waals surface area contributed by atoms with Gasteiger partial charge in [0.1, 0.15) is 11.3 Å². The van der Waals surface area contributed by atoms with Crippen molar-refractivity contribution in [2.24, 2.45) is 0 Å².